The van der Waals surface area contributed by atoms with Crippen molar-refractivity contribution in [2.24, 2.45) is 10.9 Å². The summed E-state index contributed by atoms with van der Waals surface area (Å²) >= 11 is 5.04. The zero-order valence-electron chi connectivity index (χ0n) is 10.4. The number of hydrogen-bond donors (Lipinski definition) is 3. The molecule has 0 bridgehead atoms. The third-order valence-corrected chi connectivity index (χ3v) is 4.39. The maximum Gasteiger partial charge on any atom is 0.170 e. The van der Waals surface area contributed by atoms with E-state index >= 15 is 0 Å². The fourth-order valence-electron chi connectivity index (χ4n) is 1.76. The molecule has 4 N–H and O–H groups in total. The second kappa shape index (κ2) is 6.83. The van der Waals surface area contributed by atoms with Crippen LogP contribution in [0.15, 0.2) is 39.3 Å². The molecule has 0 aliphatic carbocycles. The molecular weight excluding hydrogens is 345 g/mol. The van der Waals surface area contributed by atoms with Crippen molar-refractivity contribution >= 4 is 33.1 Å². The van der Waals surface area contributed by atoms with E-state index in [1.54, 1.807) is 17.4 Å². The number of thiophene rings is 1. The molecule has 0 spiro atoms. The Balaban J connectivity index is 2.05. The smallest absolute Gasteiger partial charge is 0.170 e. The molecule has 0 saturated carbocycles. The summed E-state index contributed by atoms with van der Waals surface area (Å²) in [6.07, 6.45) is 0. The van der Waals surface area contributed by atoms with Gasteiger partial charge in [-0.2, -0.15) is 0 Å². The van der Waals surface area contributed by atoms with E-state index in [2.05, 4.69) is 26.4 Å². The Morgan fingerprint density at radius 2 is 2.20 bits per heavy atom. The van der Waals surface area contributed by atoms with Crippen molar-refractivity contribution in [3.8, 4) is 0 Å². The zero-order valence-corrected chi connectivity index (χ0v) is 12.8. The average molecular weight is 358 g/mol. The molecule has 0 saturated heterocycles. The van der Waals surface area contributed by atoms with Crippen LogP contribution < -0.4 is 11.1 Å². The Kier molecular flexibility index (Phi) is 5.11. The molecule has 0 aliphatic rings. The van der Waals surface area contributed by atoms with Crippen molar-refractivity contribution in [1.82, 2.24) is 5.32 Å². The first-order chi connectivity index (χ1) is 9.60. The van der Waals surface area contributed by atoms with Crippen LogP contribution in [-0.2, 0) is 13.1 Å². The number of oxime groups is 1. The minimum Gasteiger partial charge on any atom is -0.409 e. The number of nitrogens with two attached hydrogens (primary N) is 1. The Labute approximate surface area is 128 Å². The van der Waals surface area contributed by atoms with Crippen LogP contribution >= 0.6 is 27.3 Å². The van der Waals surface area contributed by atoms with Crippen LogP contribution in [0.2, 0.25) is 0 Å². The number of benzene rings is 1. The topological polar surface area (TPSA) is 70.6 Å². The van der Waals surface area contributed by atoms with Crippen LogP contribution in [0.4, 0.5) is 4.39 Å². The van der Waals surface area contributed by atoms with Crippen molar-refractivity contribution in [2.45, 2.75) is 13.1 Å². The van der Waals surface area contributed by atoms with E-state index in [9.17, 15) is 4.39 Å². The molecule has 106 valence electrons. The van der Waals surface area contributed by atoms with Crippen molar-refractivity contribution in [2.75, 3.05) is 0 Å². The van der Waals surface area contributed by atoms with Crippen molar-refractivity contribution in [1.29, 1.82) is 0 Å². The van der Waals surface area contributed by atoms with Gasteiger partial charge in [-0.25, -0.2) is 4.39 Å². The van der Waals surface area contributed by atoms with Gasteiger partial charge in [0.15, 0.2) is 5.84 Å². The van der Waals surface area contributed by atoms with Gasteiger partial charge >= 0.3 is 0 Å². The summed E-state index contributed by atoms with van der Waals surface area (Å²) < 4.78 is 14.3. The molecule has 0 unspecified atom stereocenters. The van der Waals surface area contributed by atoms with E-state index in [-0.39, 0.29) is 5.84 Å². The van der Waals surface area contributed by atoms with E-state index in [0.717, 1.165) is 10.0 Å². The molecule has 0 radical (unpaired) electrons. The van der Waals surface area contributed by atoms with Gasteiger partial charge in [0.1, 0.15) is 5.82 Å². The van der Waals surface area contributed by atoms with Crippen LogP contribution in [0.25, 0.3) is 0 Å². The molecular formula is C13H13BrFN3OS. The Bertz CT molecular complexity index is 630. The highest BCUT2D eigenvalue weighted by Crippen LogP contribution is 2.19. The lowest BCUT2D eigenvalue weighted by molar-refractivity contribution is 0.318. The monoisotopic (exact) mass is 357 g/mol. The molecule has 0 amide bonds. The summed E-state index contributed by atoms with van der Waals surface area (Å²) in [5.41, 5.74) is 6.72. The summed E-state index contributed by atoms with van der Waals surface area (Å²) in [6, 6.07) is 6.27. The maximum atomic E-state index is 13.2. The predicted molar refractivity (Wildman–Crippen MR) is 81.5 cm³/mol. The van der Waals surface area contributed by atoms with E-state index in [4.69, 9.17) is 10.9 Å². The summed E-state index contributed by atoms with van der Waals surface area (Å²) in [6.45, 7) is 1.20. The molecule has 1 heterocycles. The minimum absolute atomic E-state index is 0.0971. The third-order valence-electron chi connectivity index (χ3n) is 2.69. The molecule has 20 heavy (non-hydrogen) atoms. The predicted octanol–water partition coefficient (Wildman–Crippen LogP) is 3.03. The van der Waals surface area contributed by atoms with E-state index in [0.29, 0.717) is 18.7 Å². The highest BCUT2D eigenvalue weighted by molar-refractivity contribution is 9.10. The van der Waals surface area contributed by atoms with Crippen LogP contribution in [-0.4, -0.2) is 11.0 Å². The fourth-order valence-corrected chi connectivity index (χ4v) is 3.18. The Morgan fingerprint density at radius 3 is 2.85 bits per heavy atom. The summed E-state index contributed by atoms with van der Waals surface area (Å²) in [5.74, 6) is -0.516. The van der Waals surface area contributed by atoms with Crippen molar-refractivity contribution in [3.05, 3.63) is 55.9 Å². The second-order valence-corrected chi connectivity index (χ2v) is 6.03. The first-order valence-electron chi connectivity index (χ1n) is 5.80. The number of halogens is 2. The molecule has 0 aliphatic heterocycles. The number of nitrogens with zero attached hydrogens (tertiary/aromatic N) is 1. The van der Waals surface area contributed by atoms with Gasteiger partial charge in [-0.3, -0.25) is 0 Å². The summed E-state index contributed by atoms with van der Waals surface area (Å²) in [5, 5.41) is 16.9. The highest BCUT2D eigenvalue weighted by atomic mass is 79.9. The van der Waals surface area contributed by atoms with Crippen LogP contribution in [0.1, 0.15) is 16.0 Å². The van der Waals surface area contributed by atoms with Gasteiger partial charge in [-0.15, -0.1) is 11.3 Å². The zero-order chi connectivity index (χ0) is 14.5. The Morgan fingerprint density at radius 1 is 1.40 bits per heavy atom. The van der Waals surface area contributed by atoms with Crippen LogP contribution in [0.3, 0.4) is 0 Å². The van der Waals surface area contributed by atoms with E-state index in [1.165, 1.54) is 17.0 Å². The third kappa shape index (κ3) is 3.78. The largest absolute Gasteiger partial charge is 0.409 e. The van der Waals surface area contributed by atoms with Gasteiger partial charge in [-0.1, -0.05) is 11.2 Å². The number of hydrogen-bond acceptors (Lipinski definition) is 4. The van der Waals surface area contributed by atoms with Crippen molar-refractivity contribution in [3.63, 3.8) is 0 Å². The van der Waals surface area contributed by atoms with Gasteiger partial charge in [0, 0.05) is 33.4 Å². The molecule has 1 aromatic heterocycles. The molecule has 2 aromatic rings. The van der Waals surface area contributed by atoms with Gasteiger partial charge in [-0.05, 0) is 39.7 Å². The van der Waals surface area contributed by atoms with Gasteiger partial charge in [0.25, 0.3) is 0 Å². The quantitative estimate of drug-likeness (QED) is 0.333. The molecule has 4 nitrogen and oxygen atoms in total. The molecule has 0 fully saturated rings. The van der Waals surface area contributed by atoms with Gasteiger partial charge in [0.05, 0.1) is 0 Å². The SMILES string of the molecule is NC(=NO)c1cc(F)ccc1CNCc1cc(Br)cs1. The van der Waals surface area contributed by atoms with E-state index in [1.807, 2.05) is 11.4 Å². The number of amidine groups is 1. The maximum absolute atomic E-state index is 13.2. The highest BCUT2D eigenvalue weighted by Gasteiger charge is 2.08. The average Bonchev–Trinajstić information content (AvgIpc) is 2.85. The minimum atomic E-state index is -0.419. The fraction of sp³-hybridized carbons (Fsp3) is 0.154. The standard InChI is InChI=1S/C13H13BrFN3OS/c14-9-3-11(20-7-9)6-17-5-8-1-2-10(15)4-12(8)13(16)18-19/h1-4,7,17,19H,5-6H2,(H2,16,18). The van der Waals surface area contributed by atoms with Gasteiger partial charge < -0.3 is 16.3 Å². The second-order valence-electron chi connectivity index (χ2n) is 4.12. The molecule has 1 aromatic carbocycles. The lowest BCUT2D eigenvalue weighted by Gasteiger charge is -2.09. The molecule has 0 atom stereocenters. The van der Waals surface area contributed by atoms with Crippen LogP contribution in [0.5, 0.6) is 0 Å². The molecule has 7 heteroatoms. The van der Waals surface area contributed by atoms with Crippen LogP contribution in [0, 0.1) is 5.82 Å². The lowest BCUT2D eigenvalue weighted by atomic mass is 10.1. The normalized spacial score (nSPS) is 11.8. The van der Waals surface area contributed by atoms with Gasteiger partial charge in [0.2, 0.25) is 0 Å². The van der Waals surface area contributed by atoms with E-state index < -0.39 is 5.82 Å². The first-order valence-corrected chi connectivity index (χ1v) is 7.47. The molecule has 2 rings (SSSR count). The number of nitrogens with one attached hydrogen (secondary N) is 1. The summed E-state index contributed by atoms with van der Waals surface area (Å²) in [7, 11) is 0. The lowest BCUT2D eigenvalue weighted by Crippen LogP contribution is -2.20. The summed E-state index contributed by atoms with van der Waals surface area (Å²) in [4.78, 5) is 1.18. The number of rotatable bonds is 5. The van der Waals surface area contributed by atoms with Crippen molar-refractivity contribution < 1.29 is 9.60 Å². The Hall–Kier alpha value is -1.44. The first kappa shape index (κ1) is 15.0.